The molecule has 172 valence electrons. The van der Waals surface area contributed by atoms with Gasteiger partial charge >= 0.3 is 0 Å². The van der Waals surface area contributed by atoms with Crippen LogP contribution in [0.3, 0.4) is 0 Å². The van der Waals surface area contributed by atoms with Crippen LogP contribution in [0.15, 0.2) is 72.1 Å². The van der Waals surface area contributed by atoms with Gasteiger partial charge in [-0.25, -0.2) is 0 Å². The van der Waals surface area contributed by atoms with Gasteiger partial charge in [-0.3, -0.25) is 25.2 Å². The highest BCUT2D eigenvalue weighted by Crippen LogP contribution is 2.26. The van der Waals surface area contributed by atoms with Crippen LogP contribution in [-0.4, -0.2) is 37.0 Å². The second-order valence-corrected chi connectivity index (χ2v) is 7.85. The molecule has 0 aliphatic rings. The van der Waals surface area contributed by atoms with Gasteiger partial charge in [-0.05, 0) is 36.1 Å². The van der Waals surface area contributed by atoms with Crippen molar-refractivity contribution in [3.63, 3.8) is 0 Å². The Morgan fingerprint density at radius 3 is 2.24 bits per heavy atom. The number of nitrogens with one attached hydrogen (secondary N) is 3. The first-order chi connectivity index (χ1) is 16.1. The maximum atomic E-state index is 12.8. The number of benzene rings is 2. The molecule has 3 amide bonds. The molecule has 0 saturated carbocycles. The molecule has 3 rings (SSSR count). The van der Waals surface area contributed by atoms with Crippen LogP contribution in [0.5, 0.6) is 11.5 Å². The summed E-state index contributed by atoms with van der Waals surface area (Å²) in [6.07, 6.45) is 0.262. The standard InChI is InChI=1S/C24H25N3O5S/c1-2-31-19-11-6-7-12-20(19)32-16-22(28)26-27-23(29)18(15-17-9-4-3-5-10-17)25-24(30)21-13-8-14-33-21/h3-14,18H,2,15-16H2,1H3,(H,25,30)(H,26,28)(H,27,29)/t18-/m0/s1. The summed E-state index contributed by atoms with van der Waals surface area (Å²) in [7, 11) is 0. The van der Waals surface area contributed by atoms with Gasteiger partial charge in [0, 0.05) is 6.42 Å². The minimum atomic E-state index is -0.887. The summed E-state index contributed by atoms with van der Waals surface area (Å²) in [5.74, 6) is -0.519. The molecular weight excluding hydrogens is 442 g/mol. The number of hydrogen-bond donors (Lipinski definition) is 3. The zero-order valence-electron chi connectivity index (χ0n) is 18.1. The lowest BCUT2D eigenvalue weighted by Crippen LogP contribution is -2.53. The minimum absolute atomic E-state index is 0.262. The van der Waals surface area contributed by atoms with E-state index in [1.807, 2.05) is 37.3 Å². The Morgan fingerprint density at radius 2 is 1.58 bits per heavy atom. The van der Waals surface area contributed by atoms with Gasteiger partial charge in [0.2, 0.25) is 0 Å². The first kappa shape index (κ1) is 23.8. The average Bonchev–Trinajstić information content (AvgIpc) is 3.38. The predicted molar refractivity (Wildman–Crippen MR) is 125 cm³/mol. The Kier molecular flexibility index (Phi) is 8.84. The number of para-hydroxylation sites is 2. The molecular formula is C24H25N3O5S. The number of thiophene rings is 1. The SMILES string of the molecule is CCOc1ccccc1OCC(=O)NNC(=O)[C@H](Cc1ccccc1)NC(=O)c1cccs1. The Bertz CT molecular complexity index is 1060. The summed E-state index contributed by atoms with van der Waals surface area (Å²) in [5, 5.41) is 4.51. The number of ether oxygens (including phenoxy) is 2. The van der Waals surface area contributed by atoms with Crippen LogP contribution in [0.2, 0.25) is 0 Å². The molecule has 0 saturated heterocycles. The Balaban J connectivity index is 1.56. The topological polar surface area (TPSA) is 106 Å². The van der Waals surface area contributed by atoms with E-state index in [2.05, 4.69) is 16.2 Å². The second-order valence-electron chi connectivity index (χ2n) is 6.90. The minimum Gasteiger partial charge on any atom is -0.490 e. The van der Waals surface area contributed by atoms with E-state index in [4.69, 9.17) is 9.47 Å². The van der Waals surface area contributed by atoms with E-state index >= 15 is 0 Å². The maximum Gasteiger partial charge on any atom is 0.276 e. The number of hydrazine groups is 1. The molecule has 1 aromatic heterocycles. The Morgan fingerprint density at radius 1 is 0.879 bits per heavy atom. The van der Waals surface area contributed by atoms with Crippen LogP contribution < -0.4 is 25.6 Å². The third kappa shape index (κ3) is 7.36. The number of rotatable bonds is 10. The van der Waals surface area contributed by atoms with Gasteiger partial charge < -0.3 is 14.8 Å². The summed E-state index contributed by atoms with van der Waals surface area (Å²) in [6.45, 7) is 1.99. The van der Waals surface area contributed by atoms with Crippen molar-refractivity contribution >= 4 is 29.1 Å². The van der Waals surface area contributed by atoms with Gasteiger partial charge in [0.1, 0.15) is 6.04 Å². The molecule has 1 atom stereocenters. The van der Waals surface area contributed by atoms with Gasteiger partial charge in [0.05, 0.1) is 11.5 Å². The largest absolute Gasteiger partial charge is 0.490 e. The van der Waals surface area contributed by atoms with Crippen molar-refractivity contribution in [3.05, 3.63) is 82.6 Å². The summed E-state index contributed by atoms with van der Waals surface area (Å²) >= 11 is 1.28. The molecule has 0 unspecified atom stereocenters. The van der Waals surface area contributed by atoms with Gasteiger partial charge in [-0.2, -0.15) is 0 Å². The van der Waals surface area contributed by atoms with Crippen LogP contribution in [0.1, 0.15) is 22.2 Å². The van der Waals surface area contributed by atoms with Gasteiger partial charge in [0.25, 0.3) is 17.7 Å². The fraction of sp³-hybridized carbons (Fsp3) is 0.208. The fourth-order valence-corrected chi connectivity index (χ4v) is 3.57. The van der Waals surface area contributed by atoms with Crippen LogP contribution >= 0.6 is 11.3 Å². The lowest BCUT2D eigenvalue weighted by atomic mass is 10.1. The summed E-state index contributed by atoms with van der Waals surface area (Å²) in [6, 6.07) is 18.8. The molecule has 0 spiro atoms. The van der Waals surface area contributed by atoms with Gasteiger partial charge in [-0.15, -0.1) is 11.3 Å². The number of carbonyl (C=O) groups is 3. The smallest absolute Gasteiger partial charge is 0.276 e. The van der Waals surface area contributed by atoms with E-state index in [9.17, 15) is 14.4 Å². The van der Waals surface area contributed by atoms with E-state index in [0.717, 1.165) is 5.56 Å². The van der Waals surface area contributed by atoms with Gasteiger partial charge in [-0.1, -0.05) is 48.5 Å². The molecule has 2 aromatic carbocycles. The third-order valence-corrected chi connectivity index (χ3v) is 5.35. The summed E-state index contributed by atoms with van der Waals surface area (Å²) < 4.78 is 11.0. The molecule has 0 radical (unpaired) electrons. The van der Waals surface area contributed by atoms with Crippen molar-refractivity contribution < 1.29 is 23.9 Å². The molecule has 0 aliphatic heterocycles. The van der Waals surface area contributed by atoms with Crippen molar-refractivity contribution in [1.82, 2.24) is 16.2 Å². The first-order valence-corrected chi connectivity index (χ1v) is 11.3. The molecule has 0 fully saturated rings. The molecule has 0 bridgehead atoms. The molecule has 8 nitrogen and oxygen atoms in total. The zero-order chi connectivity index (χ0) is 23.5. The third-order valence-electron chi connectivity index (χ3n) is 4.48. The fourth-order valence-electron chi connectivity index (χ4n) is 2.94. The van der Waals surface area contributed by atoms with Crippen LogP contribution in [0, 0.1) is 0 Å². The lowest BCUT2D eigenvalue weighted by Gasteiger charge is -2.19. The zero-order valence-corrected chi connectivity index (χ0v) is 18.9. The quantitative estimate of drug-likeness (QED) is 0.398. The van der Waals surface area contributed by atoms with E-state index in [1.165, 1.54) is 11.3 Å². The highest BCUT2D eigenvalue weighted by Gasteiger charge is 2.23. The molecule has 3 aromatic rings. The lowest BCUT2D eigenvalue weighted by molar-refractivity contribution is -0.130. The van der Waals surface area contributed by atoms with E-state index in [1.54, 1.807) is 41.8 Å². The number of hydrogen-bond acceptors (Lipinski definition) is 6. The predicted octanol–water partition coefficient (Wildman–Crippen LogP) is 2.71. The first-order valence-electron chi connectivity index (χ1n) is 10.4. The Hall–Kier alpha value is -3.85. The van der Waals surface area contributed by atoms with Crippen molar-refractivity contribution in [2.45, 2.75) is 19.4 Å². The Labute approximate surface area is 195 Å². The number of carbonyl (C=O) groups excluding carboxylic acids is 3. The molecule has 3 N–H and O–H groups in total. The maximum absolute atomic E-state index is 12.8. The molecule has 9 heteroatoms. The average molecular weight is 468 g/mol. The number of amides is 3. The van der Waals surface area contributed by atoms with E-state index in [0.29, 0.717) is 23.0 Å². The second kappa shape index (κ2) is 12.3. The normalized spacial score (nSPS) is 11.2. The summed E-state index contributed by atoms with van der Waals surface area (Å²) in [5.41, 5.74) is 5.56. The van der Waals surface area contributed by atoms with Crippen LogP contribution in [0.25, 0.3) is 0 Å². The van der Waals surface area contributed by atoms with Crippen molar-refractivity contribution in [1.29, 1.82) is 0 Å². The highest BCUT2D eigenvalue weighted by molar-refractivity contribution is 7.12. The molecule has 1 heterocycles. The van der Waals surface area contributed by atoms with Gasteiger partial charge in [0.15, 0.2) is 18.1 Å². The van der Waals surface area contributed by atoms with Crippen molar-refractivity contribution in [2.24, 2.45) is 0 Å². The van der Waals surface area contributed by atoms with Crippen LogP contribution in [0.4, 0.5) is 0 Å². The highest BCUT2D eigenvalue weighted by atomic mass is 32.1. The molecule has 33 heavy (non-hydrogen) atoms. The monoisotopic (exact) mass is 467 g/mol. The summed E-state index contributed by atoms with van der Waals surface area (Å²) in [4.78, 5) is 38.0. The van der Waals surface area contributed by atoms with E-state index < -0.39 is 17.9 Å². The van der Waals surface area contributed by atoms with Crippen molar-refractivity contribution in [3.8, 4) is 11.5 Å². The van der Waals surface area contributed by atoms with Crippen LogP contribution in [-0.2, 0) is 16.0 Å². The molecule has 0 aliphatic carbocycles. The van der Waals surface area contributed by atoms with Crippen molar-refractivity contribution in [2.75, 3.05) is 13.2 Å². The van der Waals surface area contributed by atoms with E-state index in [-0.39, 0.29) is 18.9 Å².